The predicted octanol–water partition coefficient (Wildman–Crippen LogP) is 4.64. The molecule has 0 bridgehead atoms. The second kappa shape index (κ2) is 6.57. The predicted molar refractivity (Wildman–Crippen MR) is 102 cm³/mol. The molecule has 7 heteroatoms. The molecular formula is C19H16BrN3O3. The lowest BCUT2D eigenvalue weighted by molar-refractivity contribution is -0.384. The molecule has 1 heterocycles. The van der Waals surface area contributed by atoms with Crippen LogP contribution in [0.15, 0.2) is 53.1 Å². The highest BCUT2D eigenvalue weighted by atomic mass is 79.9. The first-order valence-corrected chi connectivity index (χ1v) is 9.13. The van der Waals surface area contributed by atoms with Crippen LogP contribution in [0.5, 0.6) is 0 Å². The van der Waals surface area contributed by atoms with E-state index in [1.165, 1.54) is 12.1 Å². The third-order valence-corrected chi connectivity index (χ3v) is 5.09. The number of rotatable bonds is 5. The molecule has 0 atom stereocenters. The molecule has 0 saturated heterocycles. The number of hydrogen-bond acceptors (Lipinski definition) is 3. The standard InChI is InChI=1S/C19H16BrN3O3/c20-13-3-1-2-12(8-13)11-22(14-4-5-14)19(24)17-10-21-18-7-6-15(23(25)26)9-16(17)18/h1-3,6-10,14,21H,4-5,11H2. The number of halogens is 1. The van der Waals surface area contributed by atoms with Gasteiger partial charge < -0.3 is 9.88 Å². The van der Waals surface area contributed by atoms with Crippen LogP contribution in [0.1, 0.15) is 28.8 Å². The van der Waals surface area contributed by atoms with Gasteiger partial charge in [0.15, 0.2) is 0 Å². The van der Waals surface area contributed by atoms with Crippen molar-refractivity contribution in [3.8, 4) is 0 Å². The van der Waals surface area contributed by atoms with Gasteiger partial charge in [0.25, 0.3) is 11.6 Å². The topological polar surface area (TPSA) is 79.2 Å². The fourth-order valence-corrected chi connectivity index (χ4v) is 3.59. The van der Waals surface area contributed by atoms with Gasteiger partial charge in [-0.1, -0.05) is 28.1 Å². The summed E-state index contributed by atoms with van der Waals surface area (Å²) in [7, 11) is 0. The first kappa shape index (κ1) is 16.8. The van der Waals surface area contributed by atoms with Gasteiger partial charge in [0.05, 0.1) is 10.5 Å². The number of nitro groups is 1. The Morgan fingerprint density at radius 3 is 2.77 bits per heavy atom. The van der Waals surface area contributed by atoms with Crippen LogP contribution in [-0.2, 0) is 6.54 Å². The lowest BCUT2D eigenvalue weighted by Crippen LogP contribution is -2.32. The minimum absolute atomic E-state index is 0.0175. The van der Waals surface area contributed by atoms with Gasteiger partial charge in [0, 0.05) is 46.3 Å². The van der Waals surface area contributed by atoms with E-state index >= 15 is 0 Å². The number of amides is 1. The maximum atomic E-state index is 13.2. The van der Waals surface area contributed by atoms with Gasteiger partial charge in [-0.2, -0.15) is 0 Å². The minimum Gasteiger partial charge on any atom is -0.360 e. The summed E-state index contributed by atoms with van der Waals surface area (Å²) in [5, 5.41) is 11.7. The zero-order valence-electron chi connectivity index (χ0n) is 13.8. The number of nitro benzene ring substituents is 1. The van der Waals surface area contributed by atoms with Crippen LogP contribution in [0.2, 0.25) is 0 Å². The average Bonchev–Trinajstić information content (AvgIpc) is 3.37. The van der Waals surface area contributed by atoms with Crippen LogP contribution in [0.25, 0.3) is 10.9 Å². The van der Waals surface area contributed by atoms with Crippen LogP contribution in [0, 0.1) is 10.1 Å². The highest BCUT2D eigenvalue weighted by Gasteiger charge is 2.34. The zero-order valence-corrected chi connectivity index (χ0v) is 15.4. The van der Waals surface area contributed by atoms with Gasteiger partial charge in [0.2, 0.25) is 0 Å². The molecule has 1 aromatic heterocycles. The number of carbonyl (C=O) groups is 1. The monoisotopic (exact) mass is 413 g/mol. The van der Waals surface area contributed by atoms with Crippen molar-refractivity contribution in [2.75, 3.05) is 0 Å². The minimum atomic E-state index is -0.444. The Balaban J connectivity index is 1.69. The summed E-state index contributed by atoms with van der Waals surface area (Å²) in [5.74, 6) is -0.0979. The van der Waals surface area contributed by atoms with Crippen LogP contribution < -0.4 is 0 Å². The van der Waals surface area contributed by atoms with Crippen molar-refractivity contribution < 1.29 is 9.72 Å². The van der Waals surface area contributed by atoms with E-state index in [4.69, 9.17) is 0 Å². The molecule has 1 aliphatic rings. The van der Waals surface area contributed by atoms with Crippen LogP contribution >= 0.6 is 15.9 Å². The summed E-state index contributed by atoms with van der Waals surface area (Å²) in [4.78, 5) is 28.7. The number of non-ortho nitro benzene ring substituents is 1. The van der Waals surface area contributed by atoms with E-state index in [-0.39, 0.29) is 17.6 Å². The number of benzene rings is 2. The third-order valence-electron chi connectivity index (χ3n) is 4.60. The summed E-state index contributed by atoms with van der Waals surface area (Å²) in [6.45, 7) is 0.518. The Labute approximate surface area is 158 Å². The molecule has 1 saturated carbocycles. The van der Waals surface area contributed by atoms with Gasteiger partial charge in [0.1, 0.15) is 0 Å². The van der Waals surface area contributed by atoms with Crippen LogP contribution in [-0.4, -0.2) is 26.8 Å². The van der Waals surface area contributed by atoms with Crippen LogP contribution in [0.3, 0.4) is 0 Å². The molecule has 1 fully saturated rings. The average molecular weight is 414 g/mol. The van der Waals surface area contributed by atoms with E-state index in [0.29, 0.717) is 17.5 Å². The van der Waals surface area contributed by atoms with Crippen molar-refractivity contribution >= 4 is 38.4 Å². The molecule has 132 valence electrons. The fraction of sp³-hybridized carbons (Fsp3) is 0.211. The molecule has 0 unspecified atom stereocenters. The molecule has 1 amide bonds. The van der Waals surface area contributed by atoms with Crippen LogP contribution in [0.4, 0.5) is 5.69 Å². The quantitative estimate of drug-likeness (QED) is 0.488. The van der Waals surface area contributed by atoms with E-state index in [2.05, 4.69) is 20.9 Å². The van der Waals surface area contributed by atoms with Gasteiger partial charge >= 0.3 is 0 Å². The van der Waals surface area contributed by atoms with E-state index in [9.17, 15) is 14.9 Å². The maximum Gasteiger partial charge on any atom is 0.270 e. The van der Waals surface area contributed by atoms with Crippen molar-refractivity contribution in [2.24, 2.45) is 0 Å². The lowest BCUT2D eigenvalue weighted by atomic mass is 10.1. The molecule has 0 spiro atoms. The Morgan fingerprint density at radius 1 is 1.27 bits per heavy atom. The number of hydrogen-bond donors (Lipinski definition) is 1. The van der Waals surface area contributed by atoms with Crippen molar-refractivity contribution in [1.29, 1.82) is 0 Å². The first-order chi connectivity index (χ1) is 12.5. The number of nitrogens with zero attached hydrogens (tertiary/aromatic N) is 2. The van der Waals surface area contributed by atoms with Crippen molar-refractivity contribution in [2.45, 2.75) is 25.4 Å². The Kier molecular flexibility index (Phi) is 4.24. The molecule has 6 nitrogen and oxygen atoms in total. The summed E-state index contributed by atoms with van der Waals surface area (Å²) in [5.41, 5.74) is 2.23. The summed E-state index contributed by atoms with van der Waals surface area (Å²) in [6.07, 6.45) is 3.62. The molecule has 0 aliphatic heterocycles. The van der Waals surface area contributed by atoms with E-state index < -0.39 is 4.92 Å². The highest BCUT2D eigenvalue weighted by molar-refractivity contribution is 9.10. The number of H-pyrrole nitrogens is 1. The second-order valence-corrected chi connectivity index (χ2v) is 7.40. The number of carbonyl (C=O) groups excluding carboxylic acids is 1. The number of aromatic amines is 1. The molecular weight excluding hydrogens is 398 g/mol. The summed E-state index contributed by atoms with van der Waals surface area (Å²) >= 11 is 3.46. The molecule has 1 aliphatic carbocycles. The Bertz CT molecular complexity index is 1010. The number of aromatic nitrogens is 1. The Hall–Kier alpha value is -2.67. The maximum absolute atomic E-state index is 13.2. The largest absolute Gasteiger partial charge is 0.360 e. The van der Waals surface area contributed by atoms with E-state index in [1.54, 1.807) is 12.3 Å². The van der Waals surface area contributed by atoms with Crippen molar-refractivity contribution in [3.63, 3.8) is 0 Å². The summed E-state index contributed by atoms with van der Waals surface area (Å²) in [6, 6.07) is 12.7. The second-order valence-electron chi connectivity index (χ2n) is 6.48. The van der Waals surface area contributed by atoms with Gasteiger partial charge in [-0.25, -0.2) is 0 Å². The smallest absolute Gasteiger partial charge is 0.270 e. The van der Waals surface area contributed by atoms with Crippen molar-refractivity contribution in [1.82, 2.24) is 9.88 Å². The molecule has 4 rings (SSSR count). The van der Waals surface area contributed by atoms with E-state index in [1.807, 2.05) is 29.2 Å². The number of nitrogens with one attached hydrogen (secondary N) is 1. The molecule has 0 radical (unpaired) electrons. The molecule has 1 N–H and O–H groups in total. The SMILES string of the molecule is O=C(c1c[nH]c2ccc([N+](=O)[O-])cc12)N(Cc1cccc(Br)c1)C1CC1. The van der Waals surface area contributed by atoms with Crippen molar-refractivity contribution in [3.05, 3.63) is 74.4 Å². The normalized spacial score (nSPS) is 13.7. The van der Waals surface area contributed by atoms with Gasteiger partial charge in [-0.15, -0.1) is 0 Å². The fourth-order valence-electron chi connectivity index (χ4n) is 3.14. The highest BCUT2D eigenvalue weighted by Crippen LogP contribution is 2.32. The first-order valence-electron chi connectivity index (χ1n) is 8.34. The lowest BCUT2D eigenvalue weighted by Gasteiger charge is -2.22. The third kappa shape index (κ3) is 3.22. The zero-order chi connectivity index (χ0) is 18.3. The number of fused-ring (bicyclic) bond motifs is 1. The molecule has 2 aromatic carbocycles. The molecule has 26 heavy (non-hydrogen) atoms. The van der Waals surface area contributed by atoms with E-state index in [0.717, 1.165) is 28.4 Å². The summed E-state index contributed by atoms with van der Waals surface area (Å²) < 4.78 is 0.973. The van der Waals surface area contributed by atoms with Gasteiger partial charge in [-0.3, -0.25) is 14.9 Å². The molecule has 3 aromatic rings. The van der Waals surface area contributed by atoms with Gasteiger partial charge in [-0.05, 0) is 36.6 Å². The Morgan fingerprint density at radius 2 is 2.08 bits per heavy atom.